The Morgan fingerprint density at radius 3 is 2.71 bits per heavy atom. The molecule has 6 nitrogen and oxygen atoms in total. The molecule has 2 N–H and O–H groups in total. The Kier molecular flexibility index (Phi) is 5.50. The van der Waals surface area contributed by atoms with E-state index in [2.05, 4.69) is 10.4 Å². The molecule has 1 aromatic heterocycles. The van der Waals surface area contributed by atoms with Gasteiger partial charge in [-0.1, -0.05) is 23.7 Å². The van der Waals surface area contributed by atoms with Crippen molar-refractivity contribution in [2.24, 2.45) is 5.92 Å². The second-order valence-electron chi connectivity index (χ2n) is 5.74. The summed E-state index contributed by atoms with van der Waals surface area (Å²) in [5.41, 5.74) is 1.63. The summed E-state index contributed by atoms with van der Waals surface area (Å²) in [4.78, 5) is 12.4. The number of aliphatic hydroxyl groups excluding tert-OH is 1. The number of amides is 1. The van der Waals surface area contributed by atoms with Crippen molar-refractivity contribution in [2.75, 3.05) is 25.1 Å². The predicted molar refractivity (Wildman–Crippen MR) is 91.9 cm³/mol. The van der Waals surface area contributed by atoms with Crippen LogP contribution in [0.15, 0.2) is 30.3 Å². The van der Waals surface area contributed by atoms with Crippen molar-refractivity contribution in [1.82, 2.24) is 9.78 Å². The number of hydrogen-bond donors (Lipinski definition) is 2. The van der Waals surface area contributed by atoms with Gasteiger partial charge < -0.3 is 15.2 Å². The maximum Gasteiger partial charge on any atom is 0.228 e. The lowest BCUT2D eigenvalue weighted by atomic mass is 9.99. The topological polar surface area (TPSA) is 76.4 Å². The Labute approximate surface area is 145 Å². The number of aromatic nitrogens is 2. The minimum Gasteiger partial charge on any atom is -0.394 e. The smallest absolute Gasteiger partial charge is 0.228 e. The van der Waals surface area contributed by atoms with Crippen LogP contribution in [0.3, 0.4) is 0 Å². The highest BCUT2D eigenvalue weighted by Crippen LogP contribution is 2.25. The number of nitrogens with one attached hydrogen (secondary N) is 1. The van der Waals surface area contributed by atoms with Crippen LogP contribution in [-0.2, 0) is 16.1 Å². The molecule has 1 aliphatic heterocycles. The molecule has 0 saturated carbocycles. The van der Waals surface area contributed by atoms with E-state index in [1.165, 1.54) is 0 Å². The molecule has 2 heterocycles. The van der Waals surface area contributed by atoms with Crippen molar-refractivity contribution in [3.8, 4) is 11.3 Å². The molecule has 0 unspecified atom stereocenters. The van der Waals surface area contributed by atoms with E-state index >= 15 is 0 Å². The zero-order valence-corrected chi connectivity index (χ0v) is 14.0. The van der Waals surface area contributed by atoms with Gasteiger partial charge in [-0.25, -0.2) is 4.68 Å². The van der Waals surface area contributed by atoms with Gasteiger partial charge in [-0.05, 0) is 25.0 Å². The van der Waals surface area contributed by atoms with Crippen LogP contribution in [0.2, 0.25) is 5.02 Å². The van der Waals surface area contributed by atoms with Gasteiger partial charge in [0.2, 0.25) is 5.91 Å². The Balaban J connectivity index is 1.80. The largest absolute Gasteiger partial charge is 0.394 e. The standard InChI is InChI=1S/C17H20ClN3O3/c18-14-3-1-12(2-4-14)15-11-16(21(20-15)7-8-22)19-17(23)13-5-9-24-10-6-13/h1-4,11,13,22H,5-10H2,(H,19,23). The summed E-state index contributed by atoms with van der Waals surface area (Å²) in [5, 5.41) is 17.3. The third-order valence-corrected chi connectivity index (χ3v) is 4.33. The number of benzene rings is 1. The fraction of sp³-hybridized carbons (Fsp3) is 0.412. The molecule has 0 bridgehead atoms. The van der Waals surface area contributed by atoms with Crippen molar-refractivity contribution in [3.05, 3.63) is 35.4 Å². The second-order valence-corrected chi connectivity index (χ2v) is 6.18. The van der Waals surface area contributed by atoms with Crippen LogP contribution in [0, 0.1) is 5.92 Å². The number of rotatable bonds is 5. The number of halogens is 1. The molecule has 0 aliphatic carbocycles. The second kappa shape index (κ2) is 7.79. The monoisotopic (exact) mass is 349 g/mol. The van der Waals surface area contributed by atoms with E-state index in [0.29, 0.717) is 30.6 Å². The molecule has 0 radical (unpaired) electrons. The van der Waals surface area contributed by atoms with Crippen LogP contribution in [0.5, 0.6) is 0 Å². The number of carbonyl (C=O) groups is 1. The van der Waals surface area contributed by atoms with Gasteiger partial charge in [-0.3, -0.25) is 4.79 Å². The molecule has 128 valence electrons. The molecular formula is C17H20ClN3O3. The summed E-state index contributed by atoms with van der Waals surface area (Å²) in [7, 11) is 0. The summed E-state index contributed by atoms with van der Waals surface area (Å²) in [6.07, 6.45) is 1.45. The zero-order valence-electron chi connectivity index (χ0n) is 13.2. The Morgan fingerprint density at radius 2 is 2.04 bits per heavy atom. The number of carbonyl (C=O) groups excluding carboxylic acids is 1. The fourth-order valence-electron chi connectivity index (χ4n) is 2.73. The van der Waals surface area contributed by atoms with Crippen LogP contribution in [0.1, 0.15) is 12.8 Å². The van der Waals surface area contributed by atoms with E-state index in [9.17, 15) is 9.90 Å². The molecule has 2 aromatic rings. The molecule has 1 aliphatic rings. The van der Waals surface area contributed by atoms with Gasteiger partial charge in [0.15, 0.2) is 0 Å². The number of ether oxygens (including phenoxy) is 1. The Hall–Kier alpha value is -1.89. The fourth-order valence-corrected chi connectivity index (χ4v) is 2.86. The Morgan fingerprint density at radius 1 is 1.33 bits per heavy atom. The Bertz CT molecular complexity index is 694. The first-order valence-corrected chi connectivity index (χ1v) is 8.38. The maximum atomic E-state index is 12.4. The summed E-state index contributed by atoms with van der Waals surface area (Å²) >= 11 is 5.91. The van der Waals surface area contributed by atoms with E-state index in [4.69, 9.17) is 16.3 Å². The van der Waals surface area contributed by atoms with Crippen molar-refractivity contribution in [3.63, 3.8) is 0 Å². The highest BCUT2D eigenvalue weighted by atomic mass is 35.5. The van der Waals surface area contributed by atoms with Crippen molar-refractivity contribution in [2.45, 2.75) is 19.4 Å². The van der Waals surface area contributed by atoms with Crippen molar-refractivity contribution in [1.29, 1.82) is 0 Å². The van der Waals surface area contributed by atoms with Gasteiger partial charge in [0, 0.05) is 35.8 Å². The molecular weight excluding hydrogens is 330 g/mol. The van der Waals surface area contributed by atoms with E-state index in [1.807, 2.05) is 18.2 Å². The molecule has 0 spiro atoms. The van der Waals surface area contributed by atoms with E-state index in [0.717, 1.165) is 24.1 Å². The van der Waals surface area contributed by atoms with E-state index < -0.39 is 0 Å². The van der Waals surface area contributed by atoms with Gasteiger partial charge in [0.05, 0.1) is 18.8 Å². The first kappa shape index (κ1) is 17.0. The summed E-state index contributed by atoms with van der Waals surface area (Å²) < 4.78 is 6.90. The number of aliphatic hydroxyl groups is 1. The van der Waals surface area contributed by atoms with Crippen molar-refractivity contribution < 1.29 is 14.6 Å². The number of anilines is 1. The van der Waals surface area contributed by atoms with Gasteiger partial charge in [-0.15, -0.1) is 0 Å². The molecule has 0 atom stereocenters. The lowest BCUT2D eigenvalue weighted by Crippen LogP contribution is -2.29. The SMILES string of the molecule is O=C(Nc1cc(-c2ccc(Cl)cc2)nn1CCO)C1CCOCC1. The molecule has 3 rings (SSSR count). The minimum absolute atomic E-state index is 0.0277. The van der Waals surface area contributed by atoms with Crippen LogP contribution in [0.25, 0.3) is 11.3 Å². The van der Waals surface area contributed by atoms with Gasteiger partial charge in [0.25, 0.3) is 0 Å². The molecule has 24 heavy (non-hydrogen) atoms. The maximum absolute atomic E-state index is 12.4. The van der Waals surface area contributed by atoms with E-state index in [1.54, 1.807) is 16.8 Å². The summed E-state index contributed by atoms with van der Waals surface area (Å²) in [6.45, 7) is 1.49. The average Bonchev–Trinajstić information content (AvgIpc) is 2.99. The quantitative estimate of drug-likeness (QED) is 0.869. The lowest BCUT2D eigenvalue weighted by Gasteiger charge is -2.21. The van der Waals surface area contributed by atoms with Gasteiger partial charge in [-0.2, -0.15) is 5.10 Å². The van der Waals surface area contributed by atoms with Crippen LogP contribution in [-0.4, -0.2) is 40.6 Å². The highest BCUT2D eigenvalue weighted by molar-refractivity contribution is 6.30. The van der Waals surface area contributed by atoms with Crippen LogP contribution >= 0.6 is 11.6 Å². The van der Waals surface area contributed by atoms with E-state index in [-0.39, 0.29) is 18.4 Å². The first-order valence-electron chi connectivity index (χ1n) is 8.00. The van der Waals surface area contributed by atoms with Crippen LogP contribution < -0.4 is 5.32 Å². The minimum atomic E-state index is -0.0537. The third kappa shape index (κ3) is 3.95. The normalized spacial score (nSPS) is 15.4. The summed E-state index contributed by atoms with van der Waals surface area (Å²) in [5.74, 6) is 0.515. The highest BCUT2D eigenvalue weighted by Gasteiger charge is 2.23. The number of nitrogens with zero attached hydrogens (tertiary/aromatic N) is 2. The molecule has 1 amide bonds. The first-order chi connectivity index (χ1) is 11.7. The van der Waals surface area contributed by atoms with Crippen LogP contribution in [0.4, 0.5) is 5.82 Å². The average molecular weight is 350 g/mol. The molecule has 7 heteroatoms. The molecule has 1 fully saturated rings. The lowest BCUT2D eigenvalue weighted by molar-refractivity contribution is -0.122. The van der Waals surface area contributed by atoms with Crippen molar-refractivity contribution >= 4 is 23.3 Å². The zero-order chi connectivity index (χ0) is 16.9. The molecule has 1 saturated heterocycles. The molecule has 1 aromatic carbocycles. The third-order valence-electron chi connectivity index (χ3n) is 4.08. The van der Waals surface area contributed by atoms with Gasteiger partial charge >= 0.3 is 0 Å². The predicted octanol–water partition coefficient (Wildman–Crippen LogP) is 2.56. The number of hydrogen-bond acceptors (Lipinski definition) is 4. The van der Waals surface area contributed by atoms with Gasteiger partial charge in [0.1, 0.15) is 5.82 Å². The summed E-state index contributed by atoms with van der Waals surface area (Å²) in [6, 6.07) is 9.15.